The van der Waals surface area contributed by atoms with Gasteiger partial charge in [-0.25, -0.2) is 4.98 Å². The summed E-state index contributed by atoms with van der Waals surface area (Å²) in [6.45, 7) is 5.99. The Labute approximate surface area is 121 Å². The third-order valence-electron chi connectivity index (χ3n) is 3.41. The molecular formula is C17H21N3. The van der Waals surface area contributed by atoms with E-state index >= 15 is 0 Å². The molecule has 0 bridgehead atoms. The van der Waals surface area contributed by atoms with Gasteiger partial charge >= 0.3 is 0 Å². The van der Waals surface area contributed by atoms with Crippen LogP contribution in [0.2, 0.25) is 0 Å². The molecule has 0 spiro atoms. The Hall–Kier alpha value is -2.05. The van der Waals surface area contributed by atoms with E-state index in [4.69, 9.17) is 0 Å². The lowest BCUT2D eigenvalue weighted by atomic mass is 10.2. The highest BCUT2D eigenvalue weighted by Gasteiger charge is 2.12. The molecule has 0 aliphatic heterocycles. The zero-order valence-electron chi connectivity index (χ0n) is 12.1. The summed E-state index contributed by atoms with van der Waals surface area (Å²) in [4.78, 5) is 9.79. The standard InChI is InChI=1S/C17H21N3/c1-3-15(2)20(14-17-18-11-12-19-17)13-7-10-16-8-5-4-6-9-16/h4-6,8-9,11-12,15H,3,13-14H2,1-2H3,(H,18,19)/t15-/m1/s1. The average molecular weight is 267 g/mol. The normalized spacial score (nSPS) is 11.9. The van der Waals surface area contributed by atoms with Gasteiger partial charge in [-0.05, 0) is 25.5 Å². The minimum absolute atomic E-state index is 0.491. The molecule has 1 atom stereocenters. The van der Waals surface area contributed by atoms with Crippen LogP contribution in [-0.4, -0.2) is 27.5 Å². The monoisotopic (exact) mass is 267 g/mol. The fourth-order valence-corrected chi connectivity index (χ4v) is 1.97. The van der Waals surface area contributed by atoms with E-state index in [9.17, 15) is 0 Å². The van der Waals surface area contributed by atoms with E-state index < -0.39 is 0 Å². The van der Waals surface area contributed by atoms with Crippen LogP contribution in [-0.2, 0) is 6.54 Å². The molecule has 0 radical (unpaired) electrons. The molecule has 3 nitrogen and oxygen atoms in total. The zero-order valence-corrected chi connectivity index (χ0v) is 12.1. The van der Waals surface area contributed by atoms with Crippen molar-refractivity contribution in [1.82, 2.24) is 14.9 Å². The van der Waals surface area contributed by atoms with Crippen LogP contribution in [0.5, 0.6) is 0 Å². The highest BCUT2D eigenvalue weighted by atomic mass is 15.2. The SMILES string of the molecule is CC[C@@H](C)N(CC#Cc1ccccc1)Cc1ncc[nH]1. The first-order chi connectivity index (χ1) is 9.79. The highest BCUT2D eigenvalue weighted by molar-refractivity contribution is 5.33. The average Bonchev–Trinajstić information content (AvgIpc) is 2.99. The molecule has 0 unspecified atom stereocenters. The van der Waals surface area contributed by atoms with Gasteiger partial charge < -0.3 is 4.98 Å². The molecule has 3 heteroatoms. The van der Waals surface area contributed by atoms with Crippen LogP contribution >= 0.6 is 0 Å². The summed E-state index contributed by atoms with van der Waals surface area (Å²) < 4.78 is 0. The summed E-state index contributed by atoms with van der Waals surface area (Å²) in [6, 6.07) is 10.6. The Morgan fingerprint density at radius 2 is 2.10 bits per heavy atom. The summed E-state index contributed by atoms with van der Waals surface area (Å²) in [6.07, 6.45) is 4.76. The highest BCUT2D eigenvalue weighted by Crippen LogP contribution is 2.07. The van der Waals surface area contributed by atoms with Crippen molar-refractivity contribution < 1.29 is 0 Å². The molecule has 0 saturated heterocycles. The van der Waals surface area contributed by atoms with E-state index in [-0.39, 0.29) is 0 Å². The number of rotatable bonds is 5. The van der Waals surface area contributed by atoms with E-state index in [0.717, 1.165) is 30.9 Å². The molecule has 1 aromatic heterocycles. The minimum atomic E-state index is 0.491. The lowest BCUT2D eigenvalue weighted by Crippen LogP contribution is -2.32. The number of aromatic nitrogens is 2. The third kappa shape index (κ3) is 4.25. The third-order valence-corrected chi connectivity index (χ3v) is 3.41. The van der Waals surface area contributed by atoms with Gasteiger partial charge in [-0.2, -0.15) is 0 Å². The molecule has 0 saturated carbocycles. The number of H-pyrrole nitrogens is 1. The van der Waals surface area contributed by atoms with Crippen molar-refractivity contribution >= 4 is 0 Å². The van der Waals surface area contributed by atoms with Crippen LogP contribution in [0.3, 0.4) is 0 Å². The smallest absolute Gasteiger partial charge is 0.120 e. The molecule has 20 heavy (non-hydrogen) atoms. The largest absolute Gasteiger partial charge is 0.348 e. The second-order valence-electron chi connectivity index (χ2n) is 4.87. The maximum absolute atomic E-state index is 4.29. The van der Waals surface area contributed by atoms with Gasteiger partial charge in [0.2, 0.25) is 0 Å². The Bertz CT molecular complexity index is 549. The Kier molecular flexibility index (Phi) is 5.40. The maximum Gasteiger partial charge on any atom is 0.120 e. The van der Waals surface area contributed by atoms with Gasteiger partial charge in [0.05, 0.1) is 13.1 Å². The molecule has 0 fully saturated rings. The van der Waals surface area contributed by atoms with Crippen molar-refractivity contribution in [2.45, 2.75) is 32.9 Å². The van der Waals surface area contributed by atoms with Crippen LogP contribution in [0.15, 0.2) is 42.7 Å². The van der Waals surface area contributed by atoms with Crippen molar-refractivity contribution in [2.24, 2.45) is 0 Å². The second kappa shape index (κ2) is 7.52. The quantitative estimate of drug-likeness (QED) is 0.844. The van der Waals surface area contributed by atoms with Crippen molar-refractivity contribution in [3.63, 3.8) is 0 Å². The summed E-state index contributed by atoms with van der Waals surface area (Å²) in [5, 5.41) is 0. The van der Waals surface area contributed by atoms with Crippen molar-refractivity contribution in [1.29, 1.82) is 0 Å². The Morgan fingerprint density at radius 3 is 2.75 bits per heavy atom. The molecule has 104 valence electrons. The fraction of sp³-hybridized carbons (Fsp3) is 0.353. The van der Waals surface area contributed by atoms with Crippen LogP contribution in [0.1, 0.15) is 31.7 Å². The number of nitrogens with one attached hydrogen (secondary N) is 1. The van der Waals surface area contributed by atoms with Crippen LogP contribution < -0.4 is 0 Å². The summed E-state index contributed by atoms with van der Waals surface area (Å²) in [7, 11) is 0. The summed E-state index contributed by atoms with van der Waals surface area (Å²) >= 11 is 0. The number of benzene rings is 1. The molecule has 2 aromatic rings. The van der Waals surface area contributed by atoms with Crippen molar-refractivity contribution in [2.75, 3.05) is 6.54 Å². The molecule has 1 N–H and O–H groups in total. The first-order valence-electron chi connectivity index (χ1n) is 7.05. The van der Waals surface area contributed by atoms with Gasteiger partial charge in [0.15, 0.2) is 0 Å². The molecule has 0 aliphatic rings. The number of imidazole rings is 1. The van der Waals surface area contributed by atoms with E-state index in [1.807, 2.05) is 36.5 Å². The predicted molar refractivity (Wildman–Crippen MR) is 82.1 cm³/mol. The van der Waals surface area contributed by atoms with E-state index in [1.54, 1.807) is 6.20 Å². The molecule has 0 amide bonds. The van der Waals surface area contributed by atoms with Gasteiger partial charge in [0.25, 0.3) is 0 Å². The number of nitrogens with zero attached hydrogens (tertiary/aromatic N) is 2. The molecular weight excluding hydrogens is 246 g/mol. The summed E-state index contributed by atoms with van der Waals surface area (Å²) in [5.41, 5.74) is 1.06. The molecule has 1 heterocycles. The Balaban J connectivity index is 1.99. The maximum atomic E-state index is 4.29. The van der Waals surface area contributed by atoms with Crippen molar-refractivity contribution in [3.8, 4) is 11.8 Å². The first-order valence-corrected chi connectivity index (χ1v) is 7.05. The van der Waals surface area contributed by atoms with Crippen LogP contribution in [0.4, 0.5) is 0 Å². The van der Waals surface area contributed by atoms with Gasteiger partial charge in [-0.3, -0.25) is 4.90 Å². The van der Waals surface area contributed by atoms with E-state index in [0.29, 0.717) is 6.04 Å². The fourth-order valence-electron chi connectivity index (χ4n) is 1.97. The molecule has 0 aliphatic carbocycles. The van der Waals surface area contributed by atoms with Gasteiger partial charge in [0.1, 0.15) is 5.82 Å². The first kappa shape index (κ1) is 14.4. The van der Waals surface area contributed by atoms with Crippen LogP contribution in [0, 0.1) is 11.8 Å². The lowest BCUT2D eigenvalue weighted by Gasteiger charge is -2.25. The molecule has 1 aromatic carbocycles. The molecule has 2 rings (SSSR count). The van der Waals surface area contributed by atoms with Gasteiger partial charge in [-0.15, -0.1) is 0 Å². The second-order valence-corrected chi connectivity index (χ2v) is 4.87. The van der Waals surface area contributed by atoms with E-state index in [1.165, 1.54) is 0 Å². The van der Waals surface area contributed by atoms with Crippen LogP contribution in [0.25, 0.3) is 0 Å². The number of hydrogen-bond acceptors (Lipinski definition) is 2. The van der Waals surface area contributed by atoms with Crippen molar-refractivity contribution in [3.05, 3.63) is 54.1 Å². The minimum Gasteiger partial charge on any atom is -0.348 e. The van der Waals surface area contributed by atoms with E-state index in [2.05, 4.69) is 40.6 Å². The van der Waals surface area contributed by atoms with Gasteiger partial charge in [0, 0.05) is 24.0 Å². The predicted octanol–water partition coefficient (Wildman–Crippen LogP) is 3.06. The Morgan fingerprint density at radius 1 is 1.30 bits per heavy atom. The topological polar surface area (TPSA) is 31.9 Å². The lowest BCUT2D eigenvalue weighted by molar-refractivity contribution is 0.216. The number of hydrogen-bond donors (Lipinski definition) is 1. The number of aromatic amines is 1. The zero-order chi connectivity index (χ0) is 14.2. The summed E-state index contributed by atoms with van der Waals surface area (Å²) in [5.74, 6) is 7.47. The van der Waals surface area contributed by atoms with Gasteiger partial charge in [-0.1, -0.05) is 37.0 Å².